The second-order valence-corrected chi connectivity index (χ2v) is 6.26. The van der Waals surface area contributed by atoms with Gasteiger partial charge in [-0.1, -0.05) is 19.1 Å². The van der Waals surface area contributed by atoms with Crippen molar-refractivity contribution < 1.29 is 24.2 Å². The van der Waals surface area contributed by atoms with Crippen LogP contribution in [0.1, 0.15) is 40.0 Å². The Morgan fingerprint density at radius 2 is 2.23 bits per heavy atom. The molecule has 0 aromatic carbocycles. The summed E-state index contributed by atoms with van der Waals surface area (Å²) >= 11 is 0. The summed E-state index contributed by atoms with van der Waals surface area (Å²) in [6.07, 6.45) is 1.20. The minimum atomic E-state index is -0.721. The van der Waals surface area contributed by atoms with Crippen LogP contribution in [0.5, 0.6) is 0 Å². The fraction of sp³-hybridized carbons (Fsp3) is 0.647. The van der Waals surface area contributed by atoms with Gasteiger partial charge in [0.05, 0.1) is 18.6 Å². The van der Waals surface area contributed by atoms with Gasteiger partial charge in [0, 0.05) is 18.9 Å². The van der Waals surface area contributed by atoms with E-state index in [1.54, 1.807) is 0 Å². The molecule has 4 atom stereocenters. The van der Waals surface area contributed by atoms with Gasteiger partial charge >= 0.3 is 11.9 Å². The van der Waals surface area contributed by atoms with Crippen LogP contribution in [-0.4, -0.2) is 35.9 Å². The third kappa shape index (κ3) is 3.24. The third-order valence-electron chi connectivity index (χ3n) is 4.60. The van der Waals surface area contributed by atoms with Crippen molar-refractivity contribution in [3.05, 3.63) is 23.3 Å². The number of rotatable bonds is 5. The molecule has 122 valence electrons. The van der Waals surface area contributed by atoms with Crippen LogP contribution < -0.4 is 0 Å². The molecule has 0 bridgehead atoms. The molecule has 0 unspecified atom stereocenters. The topological polar surface area (TPSA) is 72.8 Å². The van der Waals surface area contributed by atoms with Crippen molar-refractivity contribution in [3.63, 3.8) is 0 Å². The summed E-state index contributed by atoms with van der Waals surface area (Å²) in [6, 6.07) is 0. The molecule has 22 heavy (non-hydrogen) atoms. The Bertz CT molecular complexity index is 519. The number of fused-ring (bicyclic) bond motifs is 1. The largest absolute Gasteiger partial charge is 0.466 e. The third-order valence-corrected chi connectivity index (χ3v) is 4.60. The second-order valence-electron chi connectivity index (χ2n) is 6.26. The van der Waals surface area contributed by atoms with E-state index < -0.39 is 12.1 Å². The monoisotopic (exact) mass is 308 g/mol. The van der Waals surface area contributed by atoms with E-state index >= 15 is 0 Å². The number of hydrogen-bond donors (Lipinski definition) is 1. The lowest BCUT2D eigenvalue weighted by molar-refractivity contribution is -0.141. The molecule has 0 saturated carbocycles. The first-order chi connectivity index (χ1) is 10.3. The average molecular weight is 308 g/mol. The van der Waals surface area contributed by atoms with Gasteiger partial charge in [-0.15, -0.1) is 0 Å². The molecule has 0 aromatic rings. The number of carbonyl (C=O) groups is 2. The first-order valence-electron chi connectivity index (χ1n) is 7.73. The Hall–Kier alpha value is -1.62. The van der Waals surface area contributed by atoms with Crippen LogP contribution in [0.15, 0.2) is 23.3 Å². The Kier molecular flexibility index (Phi) is 5.06. The lowest BCUT2D eigenvalue weighted by Gasteiger charge is -2.35. The smallest absolute Gasteiger partial charge is 0.334 e. The van der Waals surface area contributed by atoms with Gasteiger partial charge in [-0.2, -0.15) is 0 Å². The highest BCUT2D eigenvalue weighted by molar-refractivity contribution is 5.91. The van der Waals surface area contributed by atoms with Crippen molar-refractivity contribution in [3.8, 4) is 0 Å². The van der Waals surface area contributed by atoms with Crippen molar-refractivity contribution in [1.82, 2.24) is 0 Å². The molecule has 0 amide bonds. The molecule has 0 radical (unpaired) electrons. The molecule has 2 aliphatic rings. The Morgan fingerprint density at radius 3 is 2.86 bits per heavy atom. The second kappa shape index (κ2) is 6.65. The molecule has 1 heterocycles. The number of aliphatic hydroxyl groups is 1. The number of carbonyl (C=O) groups excluding carboxylic acids is 2. The summed E-state index contributed by atoms with van der Waals surface area (Å²) in [5.74, 6) is -0.843. The molecule has 1 aliphatic carbocycles. The summed E-state index contributed by atoms with van der Waals surface area (Å²) < 4.78 is 10.2. The molecule has 1 aliphatic heterocycles. The standard InChI is InChI=1S/C17H24O5/c1-9(6-5-7-21-12(4)18)14-10(2)8-13-15(16(14)19)11(3)17(20)22-13/h9,13,15-16,19H,3,5-8H2,1-2,4H3/t9-,13-,15+,16-/m1/s1. The van der Waals surface area contributed by atoms with E-state index in [-0.39, 0.29) is 23.9 Å². The van der Waals surface area contributed by atoms with Gasteiger partial charge in [0.1, 0.15) is 6.10 Å². The minimum absolute atomic E-state index is 0.162. The molecule has 1 saturated heterocycles. The van der Waals surface area contributed by atoms with E-state index in [0.717, 1.165) is 24.0 Å². The van der Waals surface area contributed by atoms with Crippen molar-refractivity contribution in [1.29, 1.82) is 0 Å². The van der Waals surface area contributed by atoms with Gasteiger partial charge in [0.25, 0.3) is 0 Å². The average Bonchev–Trinajstić information content (AvgIpc) is 2.69. The highest BCUT2D eigenvalue weighted by Gasteiger charge is 2.47. The summed E-state index contributed by atoms with van der Waals surface area (Å²) in [4.78, 5) is 22.4. The highest BCUT2D eigenvalue weighted by atomic mass is 16.6. The summed E-state index contributed by atoms with van der Waals surface area (Å²) in [5, 5.41) is 10.7. The highest BCUT2D eigenvalue weighted by Crippen LogP contribution is 2.43. The lowest BCUT2D eigenvalue weighted by atomic mass is 9.73. The number of ether oxygens (including phenoxy) is 2. The molecular weight excluding hydrogens is 284 g/mol. The quantitative estimate of drug-likeness (QED) is 0.364. The van der Waals surface area contributed by atoms with Gasteiger partial charge in [0.2, 0.25) is 0 Å². The SMILES string of the molecule is C=C1C(=O)O[C@@H]2CC(C)=C([C@H](C)CCCOC(C)=O)[C@@H](O)[C@@H]12. The van der Waals surface area contributed by atoms with Gasteiger partial charge < -0.3 is 14.6 Å². The van der Waals surface area contributed by atoms with E-state index in [4.69, 9.17) is 9.47 Å². The maximum atomic E-state index is 11.6. The summed E-state index contributed by atoms with van der Waals surface area (Å²) in [5.41, 5.74) is 2.43. The molecule has 0 aromatic heterocycles. The Labute approximate surface area is 131 Å². The first kappa shape index (κ1) is 16.7. The van der Waals surface area contributed by atoms with Crippen LogP contribution in [0.3, 0.4) is 0 Å². The zero-order valence-electron chi connectivity index (χ0n) is 13.4. The van der Waals surface area contributed by atoms with Crippen LogP contribution in [0.2, 0.25) is 0 Å². The van der Waals surface area contributed by atoms with Crippen molar-refractivity contribution in [2.45, 2.75) is 52.2 Å². The predicted molar refractivity (Wildman–Crippen MR) is 80.9 cm³/mol. The number of esters is 2. The first-order valence-corrected chi connectivity index (χ1v) is 7.73. The van der Waals surface area contributed by atoms with Crippen LogP contribution in [-0.2, 0) is 19.1 Å². The van der Waals surface area contributed by atoms with Crippen LogP contribution in [0.25, 0.3) is 0 Å². The van der Waals surface area contributed by atoms with E-state index in [1.165, 1.54) is 6.92 Å². The molecule has 5 heteroatoms. The summed E-state index contributed by atoms with van der Waals surface area (Å²) in [6.45, 7) is 9.58. The number of aliphatic hydroxyl groups excluding tert-OH is 1. The van der Waals surface area contributed by atoms with Gasteiger partial charge in [-0.05, 0) is 31.3 Å². The molecule has 1 fully saturated rings. The van der Waals surface area contributed by atoms with Gasteiger partial charge in [0.15, 0.2) is 0 Å². The van der Waals surface area contributed by atoms with Crippen LogP contribution in [0, 0.1) is 11.8 Å². The van der Waals surface area contributed by atoms with Gasteiger partial charge in [-0.3, -0.25) is 4.79 Å². The lowest BCUT2D eigenvalue weighted by Crippen LogP contribution is -2.37. The van der Waals surface area contributed by atoms with E-state index in [2.05, 4.69) is 13.5 Å². The zero-order chi connectivity index (χ0) is 16.4. The molecule has 5 nitrogen and oxygen atoms in total. The fourth-order valence-corrected chi connectivity index (χ4v) is 3.55. The number of hydrogen-bond acceptors (Lipinski definition) is 5. The van der Waals surface area contributed by atoms with Crippen LogP contribution in [0.4, 0.5) is 0 Å². The normalized spacial score (nSPS) is 29.2. The minimum Gasteiger partial charge on any atom is -0.466 e. The maximum absolute atomic E-state index is 11.6. The van der Waals surface area contributed by atoms with Gasteiger partial charge in [-0.25, -0.2) is 4.79 Å². The zero-order valence-corrected chi connectivity index (χ0v) is 13.4. The van der Waals surface area contributed by atoms with E-state index in [1.807, 2.05) is 6.92 Å². The fourth-order valence-electron chi connectivity index (χ4n) is 3.55. The Morgan fingerprint density at radius 1 is 1.55 bits per heavy atom. The van der Waals surface area contributed by atoms with Crippen molar-refractivity contribution in [2.24, 2.45) is 11.8 Å². The maximum Gasteiger partial charge on any atom is 0.334 e. The summed E-state index contributed by atoms with van der Waals surface area (Å²) in [7, 11) is 0. The van der Waals surface area contributed by atoms with Crippen molar-refractivity contribution >= 4 is 11.9 Å². The van der Waals surface area contributed by atoms with Crippen LogP contribution >= 0.6 is 0 Å². The predicted octanol–water partition coefficient (Wildman–Crippen LogP) is 2.14. The Balaban J connectivity index is 2.03. The van der Waals surface area contributed by atoms with Crippen molar-refractivity contribution in [2.75, 3.05) is 6.61 Å². The van der Waals surface area contributed by atoms with E-state index in [9.17, 15) is 14.7 Å². The molecular formula is C17H24O5. The molecule has 2 rings (SSSR count). The molecule has 1 N–H and O–H groups in total. The molecule has 0 spiro atoms. The van der Waals surface area contributed by atoms with E-state index in [0.29, 0.717) is 18.6 Å².